The Morgan fingerprint density at radius 2 is 0.937 bits per heavy atom. The summed E-state index contributed by atoms with van der Waals surface area (Å²) in [5.74, 6) is 3.46. The fourth-order valence-electron chi connectivity index (χ4n) is 9.86. The molecule has 63 heavy (non-hydrogen) atoms. The monoisotopic (exact) mass is 836 g/mol. The fourth-order valence-corrected chi connectivity index (χ4v) is 14.6. The van der Waals surface area contributed by atoms with E-state index < -0.39 is 8.07 Å². The van der Waals surface area contributed by atoms with E-state index in [-0.39, 0.29) is 10.8 Å². The van der Waals surface area contributed by atoms with E-state index in [0.717, 1.165) is 50.1 Å². The lowest BCUT2D eigenvalue weighted by molar-refractivity contribution is 0.360. The van der Waals surface area contributed by atoms with Crippen molar-refractivity contribution in [2.24, 2.45) is 0 Å². The molecule has 3 heterocycles. The molecule has 0 saturated carbocycles. The van der Waals surface area contributed by atoms with Crippen LogP contribution in [0.2, 0.25) is 0 Å². The molecule has 8 aromatic carbocycles. The van der Waals surface area contributed by atoms with Crippen LogP contribution >= 0.6 is 0 Å². The van der Waals surface area contributed by atoms with E-state index >= 15 is 0 Å². The Labute approximate surface area is 369 Å². The highest BCUT2D eigenvalue weighted by molar-refractivity contribution is 7.20. The highest BCUT2D eigenvalue weighted by atomic mass is 28.3. The average molecular weight is 837 g/mol. The predicted molar refractivity (Wildman–Crippen MR) is 261 cm³/mol. The molecule has 6 heteroatoms. The van der Waals surface area contributed by atoms with E-state index in [1.807, 2.05) is 42.5 Å². The van der Waals surface area contributed by atoms with Gasteiger partial charge in [-0.3, -0.25) is 4.40 Å². The van der Waals surface area contributed by atoms with Gasteiger partial charge in [-0.05, 0) is 90.2 Å². The van der Waals surface area contributed by atoms with Crippen LogP contribution in [0.1, 0.15) is 52.7 Å². The van der Waals surface area contributed by atoms with Gasteiger partial charge < -0.3 is 13.9 Å². The molecule has 5 nitrogen and oxygen atoms in total. The van der Waals surface area contributed by atoms with Crippen LogP contribution in [-0.4, -0.2) is 17.5 Å². The van der Waals surface area contributed by atoms with Gasteiger partial charge in [0, 0.05) is 11.1 Å². The molecule has 0 bridgehead atoms. The minimum atomic E-state index is -3.13. The third kappa shape index (κ3) is 6.23. The molecule has 0 fully saturated rings. The topological polar surface area (TPSA) is 48.9 Å². The SMILES string of the molecule is CC(C)(C)c1ccc([Si](c2ccccc2)(c2ccccc2)c2ccc(C(C)(C)C)c(-c3cccc4c3oc3nc5ccccc5n34)c2)cc1-c1cccc2c1Oc1ccccc1O2. The standard InChI is InChI=1S/C57H48N2O3Si/c1-56(2,3)45-33-31-39(35-43(45)41-23-17-27-49-53(41)62-55-58-47-25-13-14-26-48(47)59(49)55)63(37-19-9-7-10-20-37,38-21-11-8-12-22-38)40-32-34-46(57(4,5)6)44(36-40)42-24-18-30-52-54(42)61-51-29-16-15-28-50(51)60-52/h7-36H,1-6H3. The molecule has 0 unspecified atom stereocenters. The number of rotatable bonds is 6. The first kappa shape index (κ1) is 38.7. The van der Waals surface area contributed by atoms with Crippen LogP contribution in [0.4, 0.5) is 0 Å². The van der Waals surface area contributed by atoms with Crippen molar-refractivity contribution in [1.82, 2.24) is 9.38 Å². The van der Waals surface area contributed by atoms with Gasteiger partial charge in [0.05, 0.1) is 16.6 Å². The van der Waals surface area contributed by atoms with Gasteiger partial charge >= 0.3 is 5.84 Å². The van der Waals surface area contributed by atoms with Gasteiger partial charge in [-0.15, -0.1) is 0 Å². The second-order valence-electron chi connectivity index (χ2n) is 18.8. The van der Waals surface area contributed by atoms with Crippen molar-refractivity contribution in [3.63, 3.8) is 0 Å². The largest absolute Gasteiger partial charge is 0.449 e. The van der Waals surface area contributed by atoms with Gasteiger partial charge in [-0.2, -0.15) is 4.98 Å². The molecule has 10 aromatic rings. The van der Waals surface area contributed by atoms with Gasteiger partial charge in [0.1, 0.15) is 0 Å². The maximum Gasteiger partial charge on any atom is 0.307 e. The summed E-state index contributed by atoms with van der Waals surface area (Å²) in [7, 11) is -3.13. The van der Waals surface area contributed by atoms with Crippen LogP contribution in [0.15, 0.2) is 186 Å². The van der Waals surface area contributed by atoms with Crippen LogP contribution < -0.4 is 30.2 Å². The molecule has 0 N–H and O–H groups in total. The second kappa shape index (κ2) is 14.5. The molecule has 0 radical (unpaired) electrons. The molecule has 11 rings (SSSR count). The molecular weight excluding hydrogens is 789 g/mol. The van der Waals surface area contributed by atoms with Crippen molar-refractivity contribution in [2.45, 2.75) is 52.4 Å². The summed E-state index contributed by atoms with van der Waals surface area (Å²) in [6.45, 7) is 13.8. The van der Waals surface area contributed by atoms with Crippen LogP contribution in [-0.2, 0) is 10.8 Å². The lowest BCUT2D eigenvalue weighted by atomic mass is 9.81. The van der Waals surface area contributed by atoms with Crippen molar-refractivity contribution in [3.8, 4) is 45.3 Å². The van der Waals surface area contributed by atoms with Gasteiger partial charge in [0.2, 0.25) is 0 Å². The number of oxazole rings is 1. The van der Waals surface area contributed by atoms with Gasteiger partial charge in [0.15, 0.2) is 36.7 Å². The molecule has 0 amide bonds. The Bertz CT molecular complexity index is 3330. The zero-order valence-electron chi connectivity index (χ0n) is 36.4. The van der Waals surface area contributed by atoms with E-state index in [9.17, 15) is 0 Å². The molecule has 2 aromatic heterocycles. The van der Waals surface area contributed by atoms with E-state index in [0.29, 0.717) is 23.1 Å². The van der Waals surface area contributed by atoms with Crippen LogP contribution in [0.25, 0.3) is 50.2 Å². The lowest BCUT2D eigenvalue weighted by Crippen LogP contribution is -2.74. The molecule has 1 aliphatic rings. The normalized spacial score (nSPS) is 12.9. The Balaban J connectivity index is 1.21. The summed E-state index contributed by atoms with van der Waals surface area (Å²) in [6, 6.07) is 65.7. The summed E-state index contributed by atoms with van der Waals surface area (Å²) in [6.07, 6.45) is 0. The predicted octanol–water partition coefficient (Wildman–Crippen LogP) is 12.4. The highest BCUT2D eigenvalue weighted by Crippen LogP contribution is 2.51. The molecule has 308 valence electrons. The number of benzene rings is 8. The highest BCUT2D eigenvalue weighted by Gasteiger charge is 2.43. The zero-order chi connectivity index (χ0) is 43.1. The first-order chi connectivity index (χ1) is 30.5. The van der Waals surface area contributed by atoms with Crippen LogP contribution in [0, 0.1) is 0 Å². The third-order valence-corrected chi connectivity index (χ3v) is 17.5. The lowest BCUT2D eigenvalue weighted by Gasteiger charge is -2.37. The number of para-hydroxylation sites is 6. The molecule has 1 aliphatic heterocycles. The Kier molecular flexibility index (Phi) is 8.90. The van der Waals surface area contributed by atoms with Crippen molar-refractivity contribution in [1.29, 1.82) is 0 Å². The summed E-state index contributed by atoms with van der Waals surface area (Å²) in [5, 5.41) is 5.14. The van der Waals surface area contributed by atoms with Gasteiger partial charge in [-0.1, -0.05) is 187 Å². The Hall–Kier alpha value is -7.15. The average Bonchev–Trinajstić information content (AvgIpc) is 3.85. The third-order valence-electron chi connectivity index (χ3n) is 12.7. The number of nitrogens with zero attached hydrogens (tertiary/aromatic N) is 2. The van der Waals surface area contributed by atoms with E-state index in [2.05, 4.69) is 185 Å². The zero-order valence-corrected chi connectivity index (χ0v) is 37.4. The minimum Gasteiger partial charge on any atom is -0.449 e. The summed E-state index contributed by atoms with van der Waals surface area (Å²) >= 11 is 0. The number of hydrogen-bond acceptors (Lipinski definition) is 4. The quantitative estimate of drug-likeness (QED) is 0.124. The van der Waals surface area contributed by atoms with Crippen molar-refractivity contribution < 1.29 is 13.9 Å². The maximum atomic E-state index is 6.79. The number of imidazole rings is 1. The first-order valence-electron chi connectivity index (χ1n) is 21.8. The molecule has 0 aliphatic carbocycles. The summed E-state index contributed by atoms with van der Waals surface area (Å²) in [5.41, 5.74) is 10.2. The Morgan fingerprint density at radius 3 is 1.57 bits per heavy atom. The van der Waals surface area contributed by atoms with Crippen molar-refractivity contribution in [2.75, 3.05) is 0 Å². The van der Waals surface area contributed by atoms with Gasteiger partial charge in [0.25, 0.3) is 0 Å². The minimum absolute atomic E-state index is 0.173. The molecule has 0 atom stereocenters. The van der Waals surface area contributed by atoms with Crippen molar-refractivity contribution in [3.05, 3.63) is 193 Å². The van der Waals surface area contributed by atoms with E-state index in [4.69, 9.17) is 18.9 Å². The summed E-state index contributed by atoms with van der Waals surface area (Å²) < 4.78 is 22.2. The molecule has 0 spiro atoms. The number of fused-ring (bicyclic) bond motifs is 7. The second-order valence-corrected chi connectivity index (χ2v) is 22.6. The van der Waals surface area contributed by atoms with Crippen LogP contribution in [0.5, 0.6) is 23.0 Å². The van der Waals surface area contributed by atoms with Crippen LogP contribution in [0.3, 0.4) is 0 Å². The first-order valence-corrected chi connectivity index (χ1v) is 23.8. The van der Waals surface area contributed by atoms with E-state index in [1.165, 1.54) is 31.9 Å². The maximum absolute atomic E-state index is 6.79. The van der Waals surface area contributed by atoms with Crippen molar-refractivity contribution >= 4 is 56.8 Å². The Morgan fingerprint density at radius 1 is 0.429 bits per heavy atom. The number of aromatic nitrogens is 2. The molecular formula is C57H48N2O3Si. The fraction of sp³-hybridized carbons (Fsp3) is 0.140. The number of hydrogen-bond donors (Lipinski definition) is 0. The number of ether oxygens (including phenoxy) is 2. The van der Waals surface area contributed by atoms with E-state index in [1.54, 1.807) is 0 Å². The smallest absolute Gasteiger partial charge is 0.307 e. The molecule has 0 saturated heterocycles. The summed E-state index contributed by atoms with van der Waals surface area (Å²) in [4.78, 5) is 4.92. The van der Waals surface area contributed by atoms with Gasteiger partial charge in [-0.25, -0.2) is 0 Å².